The molecule has 2 aromatic carbocycles. The van der Waals surface area contributed by atoms with Gasteiger partial charge in [0.2, 0.25) is 0 Å². The van der Waals surface area contributed by atoms with Crippen molar-refractivity contribution >= 4 is 11.4 Å². The molecule has 0 bridgehead atoms. The van der Waals surface area contributed by atoms with E-state index in [1.54, 1.807) is 6.07 Å². The summed E-state index contributed by atoms with van der Waals surface area (Å²) < 4.78 is 43.5. The van der Waals surface area contributed by atoms with Crippen molar-refractivity contribution in [3.8, 4) is 5.75 Å². The Morgan fingerprint density at radius 2 is 1.54 bits per heavy atom. The summed E-state index contributed by atoms with van der Waals surface area (Å²) in [5.41, 5.74) is 0.710. The van der Waals surface area contributed by atoms with Crippen molar-refractivity contribution in [1.29, 1.82) is 0 Å². The Labute approximate surface area is 139 Å². The first kappa shape index (κ1) is 18.0. The molecule has 24 heavy (non-hydrogen) atoms. The van der Waals surface area contributed by atoms with Gasteiger partial charge in [-0.1, -0.05) is 19.1 Å². The lowest BCUT2D eigenvalue weighted by atomic mass is 10.2. The van der Waals surface area contributed by atoms with Gasteiger partial charge in [0.25, 0.3) is 0 Å². The van der Waals surface area contributed by atoms with Crippen LogP contribution in [0, 0.1) is 0 Å². The van der Waals surface area contributed by atoms with Crippen LogP contribution in [0.1, 0.15) is 18.9 Å². The largest absolute Gasteiger partial charge is 0.494 e. The van der Waals surface area contributed by atoms with Crippen LogP contribution in [0.15, 0.2) is 48.5 Å². The van der Waals surface area contributed by atoms with Gasteiger partial charge in [-0.25, -0.2) is 0 Å². The predicted octanol–water partition coefficient (Wildman–Crippen LogP) is 5.02. The molecule has 0 aliphatic carbocycles. The fourth-order valence-electron chi connectivity index (χ4n) is 2.13. The summed E-state index contributed by atoms with van der Waals surface area (Å²) >= 11 is 0. The van der Waals surface area contributed by atoms with Gasteiger partial charge in [0.05, 0.1) is 12.2 Å². The number of halogens is 3. The van der Waals surface area contributed by atoms with Crippen LogP contribution in [0.3, 0.4) is 0 Å². The van der Waals surface area contributed by atoms with Gasteiger partial charge in [-0.15, -0.1) is 0 Å². The summed E-state index contributed by atoms with van der Waals surface area (Å²) in [5.74, 6) is 0.799. The van der Waals surface area contributed by atoms with E-state index >= 15 is 0 Å². The first-order chi connectivity index (χ1) is 11.5. The maximum absolute atomic E-state index is 12.7. The van der Waals surface area contributed by atoms with Crippen molar-refractivity contribution in [1.82, 2.24) is 0 Å². The number of hydrogen-bond acceptors (Lipinski definition) is 3. The molecular formula is C18H21F3N2O. The van der Waals surface area contributed by atoms with E-state index in [1.165, 1.54) is 6.07 Å². The van der Waals surface area contributed by atoms with Gasteiger partial charge >= 0.3 is 6.18 Å². The molecule has 2 N–H and O–H groups in total. The molecule has 2 aromatic rings. The number of anilines is 2. The Bertz CT molecular complexity index is 644. The summed E-state index contributed by atoms with van der Waals surface area (Å²) in [6, 6.07) is 12.8. The van der Waals surface area contributed by atoms with Gasteiger partial charge in [-0.3, -0.25) is 0 Å². The van der Waals surface area contributed by atoms with E-state index in [9.17, 15) is 13.2 Å². The number of alkyl halides is 3. The molecule has 0 aromatic heterocycles. The van der Waals surface area contributed by atoms with E-state index in [4.69, 9.17) is 4.74 Å². The molecule has 0 aliphatic heterocycles. The zero-order valence-corrected chi connectivity index (χ0v) is 13.5. The van der Waals surface area contributed by atoms with E-state index in [-0.39, 0.29) is 0 Å². The average Bonchev–Trinajstić information content (AvgIpc) is 2.57. The number of rotatable bonds is 8. The van der Waals surface area contributed by atoms with E-state index in [2.05, 4.69) is 10.6 Å². The molecule has 2 rings (SSSR count). The Balaban J connectivity index is 1.81. The minimum atomic E-state index is -4.32. The number of benzene rings is 2. The van der Waals surface area contributed by atoms with Crippen molar-refractivity contribution in [2.75, 3.05) is 30.3 Å². The highest BCUT2D eigenvalue weighted by atomic mass is 19.4. The SMILES string of the molecule is CCCOc1cccc(NCCNc2cccc(C(F)(F)F)c2)c1. The van der Waals surface area contributed by atoms with Crippen LogP contribution < -0.4 is 15.4 Å². The molecule has 0 unspecified atom stereocenters. The standard InChI is InChI=1S/C18H21F3N2O/c1-2-11-24-17-8-4-7-16(13-17)23-10-9-22-15-6-3-5-14(12-15)18(19,20)21/h3-8,12-13,22-23H,2,9-11H2,1H3. The van der Waals surface area contributed by atoms with Crippen molar-refractivity contribution in [3.05, 3.63) is 54.1 Å². The molecule has 0 radical (unpaired) electrons. The summed E-state index contributed by atoms with van der Waals surface area (Å²) in [6.07, 6.45) is -3.38. The first-order valence-electron chi connectivity index (χ1n) is 7.87. The maximum Gasteiger partial charge on any atom is 0.416 e. The van der Waals surface area contributed by atoms with Crippen molar-refractivity contribution < 1.29 is 17.9 Å². The topological polar surface area (TPSA) is 33.3 Å². The second-order valence-electron chi connectivity index (χ2n) is 5.31. The van der Waals surface area contributed by atoms with Crippen molar-refractivity contribution in [3.63, 3.8) is 0 Å². The van der Waals surface area contributed by atoms with Gasteiger partial charge < -0.3 is 15.4 Å². The molecule has 0 fully saturated rings. The molecule has 0 saturated carbocycles. The second-order valence-corrected chi connectivity index (χ2v) is 5.31. The third kappa shape index (κ3) is 5.68. The minimum Gasteiger partial charge on any atom is -0.494 e. The highest BCUT2D eigenvalue weighted by molar-refractivity contribution is 5.49. The van der Waals surface area contributed by atoms with Crippen LogP contribution in [0.2, 0.25) is 0 Å². The lowest BCUT2D eigenvalue weighted by Gasteiger charge is -2.12. The fourth-order valence-corrected chi connectivity index (χ4v) is 2.13. The highest BCUT2D eigenvalue weighted by Crippen LogP contribution is 2.30. The van der Waals surface area contributed by atoms with E-state index in [0.29, 0.717) is 25.4 Å². The molecule has 0 atom stereocenters. The molecule has 3 nitrogen and oxygen atoms in total. The van der Waals surface area contributed by atoms with E-state index in [1.807, 2.05) is 31.2 Å². The van der Waals surface area contributed by atoms with E-state index < -0.39 is 11.7 Å². The van der Waals surface area contributed by atoms with Gasteiger partial charge in [-0.2, -0.15) is 13.2 Å². The Kier molecular flexibility index (Phi) is 6.35. The van der Waals surface area contributed by atoms with Gasteiger partial charge in [0.15, 0.2) is 0 Å². The van der Waals surface area contributed by atoms with Crippen molar-refractivity contribution in [2.45, 2.75) is 19.5 Å². The monoisotopic (exact) mass is 338 g/mol. The van der Waals surface area contributed by atoms with Crippen LogP contribution in [-0.4, -0.2) is 19.7 Å². The molecule has 0 spiro atoms. The minimum absolute atomic E-state index is 0.451. The Hall–Kier alpha value is -2.37. The molecule has 6 heteroatoms. The van der Waals surface area contributed by atoms with Crippen LogP contribution >= 0.6 is 0 Å². The summed E-state index contributed by atoms with van der Waals surface area (Å²) in [4.78, 5) is 0. The molecule has 0 amide bonds. The number of ether oxygens (including phenoxy) is 1. The summed E-state index contributed by atoms with van der Waals surface area (Å²) in [7, 11) is 0. The smallest absolute Gasteiger partial charge is 0.416 e. The Morgan fingerprint density at radius 3 is 2.17 bits per heavy atom. The second kappa shape index (κ2) is 8.47. The maximum atomic E-state index is 12.7. The first-order valence-corrected chi connectivity index (χ1v) is 7.87. The molecule has 0 aliphatic rings. The van der Waals surface area contributed by atoms with E-state index in [0.717, 1.165) is 30.0 Å². The molecular weight excluding hydrogens is 317 g/mol. The van der Waals surface area contributed by atoms with Crippen LogP contribution in [0.5, 0.6) is 5.75 Å². The lowest BCUT2D eigenvalue weighted by Crippen LogP contribution is -2.14. The Morgan fingerprint density at radius 1 is 0.917 bits per heavy atom. The summed E-state index contributed by atoms with van der Waals surface area (Å²) in [6.45, 7) is 3.79. The molecule has 0 heterocycles. The fraction of sp³-hybridized carbons (Fsp3) is 0.333. The van der Waals surface area contributed by atoms with Crippen LogP contribution in [-0.2, 0) is 6.18 Å². The number of hydrogen-bond donors (Lipinski definition) is 2. The highest BCUT2D eigenvalue weighted by Gasteiger charge is 2.30. The zero-order valence-electron chi connectivity index (χ0n) is 13.5. The molecule has 130 valence electrons. The summed E-state index contributed by atoms with van der Waals surface area (Å²) in [5, 5.41) is 6.19. The van der Waals surface area contributed by atoms with Crippen LogP contribution in [0.25, 0.3) is 0 Å². The van der Waals surface area contributed by atoms with Crippen molar-refractivity contribution in [2.24, 2.45) is 0 Å². The normalized spacial score (nSPS) is 11.2. The third-order valence-electron chi connectivity index (χ3n) is 3.28. The zero-order chi connectivity index (χ0) is 17.4. The number of nitrogens with one attached hydrogen (secondary N) is 2. The van der Waals surface area contributed by atoms with Gasteiger partial charge in [0.1, 0.15) is 5.75 Å². The van der Waals surface area contributed by atoms with Gasteiger partial charge in [-0.05, 0) is 36.8 Å². The predicted molar refractivity (Wildman–Crippen MR) is 90.7 cm³/mol. The molecule has 0 saturated heterocycles. The third-order valence-corrected chi connectivity index (χ3v) is 3.28. The quantitative estimate of drug-likeness (QED) is 0.663. The van der Waals surface area contributed by atoms with Crippen LogP contribution in [0.4, 0.5) is 24.5 Å². The lowest BCUT2D eigenvalue weighted by molar-refractivity contribution is -0.137. The van der Waals surface area contributed by atoms with Gasteiger partial charge in [0, 0.05) is 30.5 Å². The average molecular weight is 338 g/mol.